The number of piperazine rings is 1. The van der Waals surface area contributed by atoms with Gasteiger partial charge in [0.2, 0.25) is 0 Å². The molecular formula is C19H17N5O2S. The number of carbonyl (C=O) groups excluding carboxylic acids is 2. The van der Waals surface area contributed by atoms with Crippen molar-refractivity contribution in [3.8, 4) is 16.6 Å². The van der Waals surface area contributed by atoms with Gasteiger partial charge in [-0.2, -0.15) is 5.26 Å². The van der Waals surface area contributed by atoms with Crippen LogP contribution in [0.1, 0.15) is 24.3 Å². The Bertz CT molecular complexity index is 960. The van der Waals surface area contributed by atoms with Gasteiger partial charge < -0.3 is 9.80 Å². The number of benzene rings is 1. The number of rotatable bonds is 4. The van der Waals surface area contributed by atoms with E-state index < -0.39 is 11.8 Å². The summed E-state index contributed by atoms with van der Waals surface area (Å²) in [5.74, 6) is -0.922. The van der Waals surface area contributed by atoms with E-state index in [0.717, 1.165) is 15.6 Å². The third-order valence-corrected chi connectivity index (χ3v) is 6.89. The van der Waals surface area contributed by atoms with Crippen LogP contribution in [0.5, 0.6) is 0 Å². The fourth-order valence-corrected chi connectivity index (χ4v) is 5.46. The minimum Gasteiger partial charge on any atom is -0.327 e. The molecule has 3 aliphatic carbocycles. The minimum absolute atomic E-state index is 0.235. The van der Waals surface area contributed by atoms with E-state index in [1.54, 1.807) is 9.80 Å². The maximum Gasteiger partial charge on any atom is 0.312 e. The first-order valence-corrected chi connectivity index (χ1v) is 9.76. The highest BCUT2D eigenvalue weighted by atomic mass is 32.1. The Morgan fingerprint density at radius 3 is 2.52 bits per heavy atom. The van der Waals surface area contributed by atoms with Crippen molar-refractivity contribution in [2.45, 2.75) is 31.3 Å². The highest BCUT2D eigenvalue weighted by Gasteiger charge is 2.72. The van der Waals surface area contributed by atoms with Gasteiger partial charge in [-0.1, -0.05) is 41.7 Å². The van der Waals surface area contributed by atoms with Crippen LogP contribution in [-0.4, -0.2) is 50.4 Å². The smallest absolute Gasteiger partial charge is 0.312 e. The zero-order valence-corrected chi connectivity index (χ0v) is 15.4. The van der Waals surface area contributed by atoms with Crippen LogP contribution in [0.3, 0.4) is 0 Å². The van der Waals surface area contributed by atoms with Crippen LogP contribution in [0.15, 0.2) is 30.3 Å². The van der Waals surface area contributed by atoms with Crippen molar-refractivity contribution in [2.24, 2.45) is 5.41 Å². The van der Waals surface area contributed by atoms with Crippen molar-refractivity contribution in [1.82, 2.24) is 20.0 Å². The van der Waals surface area contributed by atoms with Crippen molar-refractivity contribution >= 4 is 23.2 Å². The molecule has 6 rings (SSSR count). The summed E-state index contributed by atoms with van der Waals surface area (Å²) < 4.78 is 0. The van der Waals surface area contributed by atoms with E-state index in [1.165, 1.54) is 11.3 Å². The lowest BCUT2D eigenvalue weighted by Crippen LogP contribution is -2.77. The fourth-order valence-electron chi connectivity index (χ4n) is 4.60. The predicted molar refractivity (Wildman–Crippen MR) is 97.1 cm³/mol. The first-order chi connectivity index (χ1) is 13.0. The molecule has 2 heterocycles. The third-order valence-electron chi connectivity index (χ3n) is 5.93. The van der Waals surface area contributed by atoms with Crippen molar-refractivity contribution in [2.75, 3.05) is 13.1 Å². The van der Waals surface area contributed by atoms with Crippen molar-refractivity contribution in [3.05, 3.63) is 35.3 Å². The van der Waals surface area contributed by atoms with Gasteiger partial charge in [0.1, 0.15) is 10.0 Å². The van der Waals surface area contributed by atoms with Gasteiger partial charge in [0.05, 0.1) is 18.0 Å². The van der Waals surface area contributed by atoms with Crippen LogP contribution in [0, 0.1) is 16.7 Å². The third kappa shape index (κ3) is 2.38. The number of hydrogen-bond acceptors (Lipinski definition) is 6. The Kier molecular flexibility index (Phi) is 3.40. The van der Waals surface area contributed by atoms with Crippen LogP contribution in [0.2, 0.25) is 0 Å². The molecule has 7 nitrogen and oxygen atoms in total. The van der Waals surface area contributed by atoms with Crippen LogP contribution in [0.4, 0.5) is 0 Å². The Morgan fingerprint density at radius 1 is 1.07 bits per heavy atom. The Morgan fingerprint density at radius 2 is 1.81 bits per heavy atom. The lowest BCUT2D eigenvalue weighted by atomic mass is 9.39. The zero-order chi connectivity index (χ0) is 18.6. The van der Waals surface area contributed by atoms with Gasteiger partial charge in [-0.15, -0.1) is 10.2 Å². The summed E-state index contributed by atoms with van der Waals surface area (Å²) in [5, 5.41) is 19.1. The second-order valence-electron chi connectivity index (χ2n) is 7.70. The molecule has 0 unspecified atom stereocenters. The molecule has 2 amide bonds. The van der Waals surface area contributed by atoms with E-state index in [9.17, 15) is 9.59 Å². The molecule has 27 heavy (non-hydrogen) atoms. The van der Waals surface area contributed by atoms with E-state index >= 15 is 0 Å². The minimum atomic E-state index is -0.478. The Hall–Kier alpha value is -2.79. The predicted octanol–water partition coefficient (Wildman–Crippen LogP) is 1.82. The standard InChI is InChI=1S/C19H17N5O2S/c20-12-18-9-19(10-18,11-18)24-7-6-23(16(25)17(24)26)8-14-21-22-15(27-14)13-4-2-1-3-5-13/h1-5H,6-11H2. The van der Waals surface area contributed by atoms with Gasteiger partial charge in [0.15, 0.2) is 0 Å². The largest absolute Gasteiger partial charge is 0.327 e. The molecule has 0 radical (unpaired) electrons. The molecule has 1 saturated heterocycles. The zero-order valence-electron chi connectivity index (χ0n) is 14.6. The molecule has 0 atom stereocenters. The fraction of sp³-hybridized carbons (Fsp3) is 0.421. The highest BCUT2D eigenvalue weighted by molar-refractivity contribution is 7.14. The van der Waals surface area contributed by atoms with Crippen LogP contribution < -0.4 is 0 Å². The van der Waals surface area contributed by atoms with Gasteiger partial charge in [0.25, 0.3) is 0 Å². The summed E-state index contributed by atoms with van der Waals surface area (Å²) in [6.07, 6.45) is 2.14. The summed E-state index contributed by atoms with van der Waals surface area (Å²) in [7, 11) is 0. The summed E-state index contributed by atoms with van der Waals surface area (Å²) in [6, 6.07) is 12.1. The molecule has 136 valence electrons. The van der Waals surface area contributed by atoms with E-state index in [0.29, 0.717) is 38.9 Å². The lowest BCUT2D eigenvalue weighted by Gasteiger charge is -2.71. The average molecular weight is 379 g/mol. The summed E-state index contributed by atoms with van der Waals surface area (Å²) in [5.41, 5.74) is 0.516. The number of nitrogens with zero attached hydrogens (tertiary/aromatic N) is 5. The quantitative estimate of drug-likeness (QED) is 0.756. The monoisotopic (exact) mass is 379 g/mol. The van der Waals surface area contributed by atoms with Gasteiger partial charge in [-0.25, -0.2) is 0 Å². The maximum absolute atomic E-state index is 12.6. The first kappa shape index (κ1) is 16.4. The normalized spacial score (nSPS) is 29.1. The van der Waals surface area contributed by atoms with E-state index in [2.05, 4.69) is 16.3 Å². The molecule has 1 aliphatic heterocycles. The molecule has 1 aromatic carbocycles. The van der Waals surface area contributed by atoms with Crippen LogP contribution >= 0.6 is 11.3 Å². The summed E-state index contributed by atoms with van der Waals surface area (Å²) in [6.45, 7) is 1.32. The molecule has 4 fully saturated rings. The molecule has 0 spiro atoms. The first-order valence-electron chi connectivity index (χ1n) is 8.94. The molecule has 2 bridgehead atoms. The van der Waals surface area contributed by atoms with Gasteiger partial charge >= 0.3 is 11.8 Å². The van der Waals surface area contributed by atoms with E-state index in [1.807, 2.05) is 30.3 Å². The van der Waals surface area contributed by atoms with Crippen LogP contribution in [-0.2, 0) is 16.1 Å². The topological polar surface area (TPSA) is 90.2 Å². The van der Waals surface area contributed by atoms with Gasteiger partial charge in [-0.3, -0.25) is 9.59 Å². The SMILES string of the molecule is N#CC12CC(N3CCN(Cc4nnc(-c5ccccc5)s4)C(=O)C3=O)(C1)C2. The molecule has 1 aromatic heterocycles. The lowest BCUT2D eigenvalue weighted by molar-refractivity contribution is -0.204. The number of amides is 2. The maximum atomic E-state index is 12.6. The van der Waals surface area contributed by atoms with Gasteiger partial charge in [-0.05, 0) is 19.3 Å². The van der Waals surface area contributed by atoms with Crippen molar-refractivity contribution in [1.29, 1.82) is 5.26 Å². The summed E-state index contributed by atoms with van der Waals surface area (Å²) in [4.78, 5) is 28.5. The second kappa shape index (κ2) is 5.60. The second-order valence-corrected chi connectivity index (χ2v) is 8.76. The van der Waals surface area contributed by atoms with Crippen molar-refractivity contribution in [3.63, 3.8) is 0 Å². The number of hydrogen-bond donors (Lipinski definition) is 0. The number of nitriles is 1. The Balaban J connectivity index is 1.26. The van der Waals surface area contributed by atoms with Crippen LogP contribution in [0.25, 0.3) is 10.6 Å². The molecule has 2 aromatic rings. The highest BCUT2D eigenvalue weighted by Crippen LogP contribution is 2.69. The Labute approximate surface area is 160 Å². The molecule has 8 heteroatoms. The average Bonchev–Trinajstić information content (AvgIpc) is 3.08. The summed E-state index contributed by atoms with van der Waals surface area (Å²) >= 11 is 1.44. The van der Waals surface area contributed by atoms with Crippen molar-refractivity contribution < 1.29 is 9.59 Å². The molecular weight excluding hydrogens is 362 g/mol. The van der Waals surface area contributed by atoms with E-state index in [4.69, 9.17) is 5.26 Å². The molecule has 4 aliphatic rings. The number of aromatic nitrogens is 2. The van der Waals surface area contributed by atoms with Gasteiger partial charge in [0, 0.05) is 24.2 Å². The number of carbonyl (C=O) groups is 2. The molecule has 0 N–H and O–H groups in total. The molecule has 3 saturated carbocycles. The van der Waals surface area contributed by atoms with E-state index in [-0.39, 0.29) is 11.0 Å².